The van der Waals surface area contributed by atoms with Crippen molar-refractivity contribution in [1.82, 2.24) is 0 Å². The second kappa shape index (κ2) is 4.28. The highest BCUT2D eigenvalue weighted by molar-refractivity contribution is 6.34. The van der Waals surface area contributed by atoms with Gasteiger partial charge >= 0.3 is 0 Å². The summed E-state index contributed by atoms with van der Waals surface area (Å²) in [6, 6.07) is 4.68. The van der Waals surface area contributed by atoms with E-state index in [9.17, 15) is 9.90 Å². The van der Waals surface area contributed by atoms with Gasteiger partial charge in [0.2, 0.25) is 0 Å². The smallest absolute Gasteiger partial charge is 0.168 e. The van der Waals surface area contributed by atoms with E-state index < -0.39 is 0 Å². The van der Waals surface area contributed by atoms with Crippen LogP contribution in [-0.2, 0) is 0 Å². The summed E-state index contributed by atoms with van der Waals surface area (Å²) in [7, 11) is 0. The van der Waals surface area contributed by atoms with Crippen molar-refractivity contribution in [2.45, 2.75) is 19.8 Å². The number of ketones is 1. The Morgan fingerprint density at radius 1 is 1.54 bits per heavy atom. The molecule has 70 valence electrons. The maximum absolute atomic E-state index is 11.4. The molecule has 1 rings (SSSR count). The van der Waals surface area contributed by atoms with Crippen LogP contribution in [0.25, 0.3) is 0 Å². The second-order valence-corrected chi connectivity index (χ2v) is 3.21. The lowest BCUT2D eigenvalue weighted by Crippen LogP contribution is -1.99. The van der Waals surface area contributed by atoms with Crippen LogP contribution in [0.3, 0.4) is 0 Å². The van der Waals surface area contributed by atoms with Gasteiger partial charge in [-0.05, 0) is 18.6 Å². The molecule has 3 heteroatoms. The van der Waals surface area contributed by atoms with E-state index in [1.165, 1.54) is 6.07 Å². The fourth-order valence-corrected chi connectivity index (χ4v) is 1.42. The quantitative estimate of drug-likeness (QED) is 0.759. The molecule has 1 N–H and O–H groups in total. The summed E-state index contributed by atoms with van der Waals surface area (Å²) in [5.74, 6) is -0.142. The first-order valence-electron chi connectivity index (χ1n) is 4.17. The Bertz CT molecular complexity index is 300. The lowest BCUT2D eigenvalue weighted by atomic mass is 10.1. The van der Waals surface area contributed by atoms with Crippen LogP contribution in [0.1, 0.15) is 30.1 Å². The predicted octanol–water partition coefficient (Wildman–Crippen LogP) is 3.03. The molecule has 0 aliphatic heterocycles. The molecule has 0 aliphatic carbocycles. The van der Waals surface area contributed by atoms with Crippen LogP contribution in [0.4, 0.5) is 0 Å². The molecule has 13 heavy (non-hydrogen) atoms. The highest BCUT2D eigenvalue weighted by Crippen LogP contribution is 2.26. The summed E-state index contributed by atoms with van der Waals surface area (Å²) in [6.07, 6.45) is 1.17. The molecule has 1 aromatic rings. The van der Waals surface area contributed by atoms with E-state index in [0.29, 0.717) is 11.4 Å². The molecule has 0 fully saturated rings. The van der Waals surface area contributed by atoms with Gasteiger partial charge in [-0.25, -0.2) is 0 Å². The van der Waals surface area contributed by atoms with Crippen molar-refractivity contribution in [2.24, 2.45) is 0 Å². The van der Waals surface area contributed by atoms with E-state index in [1.807, 2.05) is 6.92 Å². The number of phenols is 1. The Labute approximate surface area is 82.2 Å². The number of rotatable bonds is 3. The summed E-state index contributed by atoms with van der Waals surface area (Å²) in [5, 5.41) is 9.70. The van der Waals surface area contributed by atoms with Crippen LogP contribution >= 0.6 is 11.6 Å². The summed E-state index contributed by atoms with van der Waals surface area (Å²) in [5.41, 5.74) is 0.242. The van der Waals surface area contributed by atoms with Crippen molar-refractivity contribution >= 4 is 17.4 Å². The highest BCUT2D eigenvalue weighted by atomic mass is 35.5. The lowest BCUT2D eigenvalue weighted by Gasteiger charge is -2.04. The zero-order valence-electron chi connectivity index (χ0n) is 7.38. The van der Waals surface area contributed by atoms with Crippen molar-refractivity contribution in [2.75, 3.05) is 0 Å². The average Bonchev–Trinajstić information content (AvgIpc) is 2.04. The zero-order valence-corrected chi connectivity index (χ0v) is 8.14. The van der Waals surface area contributed by atoms with E-state index >= 15 is 0 Å². The van der Waals surface area contributed by atoms with Gasteiger partial charge in [0, 0.05) is 6.42 Å². The van der Waals surface area contributed by atoms with Crippen molar-refractivity contribution in [3.8, 4) is 5.75 Å². The third-order valence-corrected chi connectivity index (χ3v) is 2.06. The molecular weight excluding hydrogens is 188 g/mol. The van der Waals surface area contributed by atoms with Crippen LogP contribution in [0.15, 0.2) is 18.2 Å². The summed E-state index contributed by atoms with van der Waals surface area (Å²) >= 11 is 5.78. The Morgan fingerprint density at radius 3 is 2.77 bits per heavy atom. The molecule has 0 heterocycles. The predicted molar refractivity (Wildman–Crippen MR) is 52.4 cm³/mol. The van der Waals surface area contributed by atoms with Crippen molar-refractivity contribution < 1.29 is 9.90 Å². The number of carbonyl (C=O) groups is 1. The molecule has 0 amide bonds. The first-order chi connectivity index (χ1) is 6.16. The van der Waals surface area contributed by atoms with Crippen LogP contribution in [0.5, 0.6) is 5.75 Å². The maximum Gasteiger partial charge on any atom is 0.168 e. The minimum absolute atomic E-state index is 0.0362. The molecule has 2 nitrogen and oxygen atoms in total. The van der Waals surface area contributed by atoms with Gasteiger partial charge in [0.05, 0.1) is 10.6 Å². The molecule has 0 spiro atoms. The third kappa shape index (κ3) is 2.22. The second-order valence-electron chi connectivity index (χ2n) is 2.81. The first-order valence-corrected chi connectivity index (χ1v) is 4.55. The Balaban J connectivity index is 3.05. The SMILES string of the molecule is CCCC(=O)c1c(O)cccc1Cl. The van der Waals surface area contributed by atoms with Gasteiger partial charge in [0.15, 0.2) is 5.78 Å². The number of phenolic OH excluding ortho intramolecular Hbond substituents is 1. The fraction of sp³-hybridized carbons (Fsp3) is 0.300. The molecule has 0 aliphatic rings. The molecule has 0 atom stereocenters. The Kier molecular flexibility index (Phi) is 3.32. The molecule has 0 saturated carbocycles. The van der Waals surface area contributed by atoms with Gasteiger partial charge in [-0.2, -0.15) is 0 Å². The largest absolute Gasteiger partial charge is 0.507 e. The van der Waals surface area contributed by atoms with E-state index in [1.54, 1.807) is 12.1 Å². The van der Waals surface area contributed by atoms with Gasteiger partial charge in [-0.15, -0.1) is 0 Å². The van der Waals surface area contributed by atoms with Crippen molar-refractivity contribution in [3.63, 3.8) is 0 Å². The van der Waals surface area contributed by atoms with Crippen LogP contribution in [-0.4, -0.2) is 10.9 Å². The lowest BCUT2D eigenvalue weighted by molar-refractivity contribution is 0.0979. The number of halogens is 1. The highest BCUT2D eigenvalue weighted by Gasteiger charge is 2.13. The number of Topliss-reactive ketones (excluding diaryl/α,β-unsaturated/α-hetero) is 1. The topological polar surface area (TPSA) is 37.3 Å². The number of carbonyl (C=O) groups excluding carboxylic acids is 1. The molecule has 1 aromatic carbocycles. The van der Waals surface area contributed by atoms with Gasteiger partial charge in [-0.3, -0.25) is 4.79 Å². The van der Waals surface area contributed by atoms with Crippen LogP contribution in [0.2, 0.25) is 5.02 Å². The maximum atomic E-state index is 11.4. The molecule has 0 unspecified atom stereocenters. The van der Waals surface area contributed by atoms with Crippen molar-refractivity contribution in [3.05, 3.63) is 28.8 Å². The van der Waals surface area contributed by atoms with Gasteiger partial charge in [0.25, 0.3) is 0 Å². The van der Waals surface area contributed by atoms with E-state index in [-0.39, 0.29) is 17.1 Å². The van der Waals surface area contributed by atoms with Crippen molar-refractivity contribution in [1.29, 1.82) is 0 Å². The molecular formula is C10H11ClO2. The summed E-state index contributed by atoms with van der Waals surface area (Å²) < 4.78 is 0. The van der Waals surface area contributed by atoms with Crippen LogP contribution in [0, 0.1) is 0 Å². The average molecular weight is 199 g/mol. The Hall–Kier alpha value is -1.02. The number of hydrogen-bond donors (Lipinski definition) is 1. The Morgan fingerprint density at radius 2 is 2.23 bits per heavy atom. The van der Waals surface area contributed by atoms with Gasteiger partial charge < -0.3 is 5.11 Å². The van der Waals surface area contributed by atoms with E-state index in [4.69, 9.17) is 11.6 Å². The molecule has 0 aromatic heterocycles. The first kappa shape index (κ1) is 10.1. The zero-order chi connectivity index (χ0) is 9.84. The summed E-state index contributed by atoms with van der Waals surface area (Å²) in [6.45, 7) is 1.91. The monoisotopic (exact) mass is 198 g/mol. The van der Waals surface area contributed by atoms with Gasteiger partial charge in [-0.1, -0.05) is 24.6 Å². The van der Waals surface area contributed by atoms with Gasteiger partial charge in [0.1, 0.15) is 5.75 Å². The number of hydrogen-bond acceptors (Lipinski definition) is 2. The normalized spacial score (nSPS) is 10.0. The minimum atomic E-state index is -0.106. The molecule has 0 bridgehead atoms. The molecule has 0 radical (unpaired) electrons. The summed E-state index contributed by atoms with van der Waals surface area (Å²) in [4.78, 5) is 11.4. The number of benzene rings is 1. The van der Waals surface area contributed by atoms with Crippen LogP contribution < -0.4 is 0 Å². The molecule has 0 saturated heterocycles. The standard InChI is InChI=1S/C10H11ClO2/c1-2-4-8(12)10-7(11)5-3-6-9(10)13/h3,5-6,13H,2,4H2,1H3. The minimum Gasteiger partial charge on any atom is -0.507 e. The number of aromatic hydroxyl groups is 1. The van der Waals surface area contributed by atoms with E-state index in [0.717, 1.165) is 6.42 Å². The van der Waals surface area contributed by atoms with E-state index in [2.05, 4.69) is 0 Å². The third-order valence-electron chi connectivity index (χ3n) is 1.75. The fourth-order valence-electron chi connectivity index (χ4n) is 1.14.